The highest BCUT2D eigenvalue weighted by Gasteiger charge is 2.39. The molecular weight excluding hydrogens is 270 g/mol. The van der Waals surface area contributed by atoms with Gasteiger partial charge in [-0.05, 0) is 43.6 Å². The van der Waals surface area contributed by atoms with Crippen LogP contribution in [0.1, 0.15) is 44.9 Å². The van der Waals surface area contributed by atoms with Crippen LogP contribution in [0.5, 0.6) is 0 Å². The third kappa shape index (κ3) is 2.29. The molecule has 4 nitrogen and oxygen atoms in total. The Morgan fingerprint density at radius 3 is 2.85 bits per heavy atom. The molecule has 1 aliphatic carbocycles. The summed E-state index contributed by atoms with van der Waals surface area (Å²) in [7, 11) is 1.78. The lowest BCUT2D eigenvalue weighted by Gasteiger charge is -2.26. The van der Waals surface area contributed by atoms with E-state index in [2.05, 4.69) is 23.7 Å². The van der Waals surface area contributed by atoms with E-state index in [0.717, 1.165) is 47.7 Å². The molecule has 0 aromatic carbocycles. The lowest BCUT2D eigenvalue weighted by atomic mass is 10.0. The van der Waals surface area contributed by atoms with Crippen molar-refractivity contribution in [3.63, 3.8) is 0 Å². The second-order valence-electron chi connectivity index (χ2n) is 5.37. The zero-order valence-electron chi connectivity index (χ0n) is 12.1. The van der Waals surface area contributed by atoms with Gasteiger partial charge >= 0.3 is 0 Å². The molecule has 5 heteroatoms. The van der Waals surface area contributed by atoms with Gasteiger partial charge in [0.05, 0.1) is 5.39 Å². The minimum atomic E-state index is -0.277. The van der Waals surface area contributed by atoms with Crippen LogP contribution in [0.3, 0.4) is 0 Å². The maximum atomic E-state index is 5.82. The number of methoxy groups -OCH3 is 1. The lowest BCUT2D eigenvalue weighted by molar-refractivity contribution is -0.0158. The van der Waals surface area contributed by atoms with E-state index in [4.69, 9.17) is 14.7 Å². The Hall–Kier alpha value is -1.20. The van der Waals surface area contributed by atoms with Gasteiger partial charge in [0.25, 0.3) is 0 Å². The first kappa shape index (κ1) is 13.8. The summed E-state index contributed by atoms with van der Waals surface area (Å²) in [5.74, 6) is 1.81. The fourth-order valence-electron chi connectivity index (χ4n) is 2.90. The van der Waals surface area contributed by atoms with E-state index in [1.165, 1.54) is 12.8 Å². The highest BCUT2D eigenvalue weighted by molar-refractivity contribution is 7.16. The topological polar surface area (TPSA) is 47.0 Å². The van der Waals surface area contributed by atoms with Gasteiger partial charge in [0.2, 0.25) is 0 Å². The Bertz CT molecular complexity index is 590. The van der Waals surface area contributed by atoms with E-state index in [1.807, 2.05) is 0 Å². The van der Waals surface area contributed by atoms with Gasteiger partial charge in [-0.3, -0.25) is 0 Å². The van der Waals surface area contributed by atoms with Gasteiger partial charge < -0.3 is 10.1 Å². The standard InChI is InChI=1S/C15H21N3OS/c1-3-9-16-12-11-6-10-20-13(11)18-14(17-12)15(19-2)7-4-5-8-15/h6,10H,3-5,7-9H2,1-2H3,(H,16,17,18). The van der Waals surface area contributed by atoms with Crippen molar-refractivity contribution in [2.24, 2.45) is 0 Å². The molecule has 1 N–H and O–H groups in total. The lowest BCUT2D eigenvalue weighted by Crippen LogP contribution is -2.27. The van der Waals surface area contributed by atoms with Crippen LogP contribution in [0.2, 0.25) is 0 Å². The number of nitrogens with zero attached hydrogens (tertiary/aromatic N) is 2. The number of rotatable bonds is 5. The van der Waals surface area contributed by atoms with Crippen LogP contribution in [-0.4, -0.2) is 23.6 Å². The Balaban J connectivity index is 2.06. The summed E-state index contributed by atoms with van der Waals surface area (Å²) in [6.45, 7) is 3.09. The van der Waals surface area contributed by atoms with Crippen LogP contribution in [-0.2, 0) is 10.3 Å². The normalized spacial score (nSPS) is 17.7. The molecule has 0 saturated heterocycles. The molecule has 0 spiro atoms. The van der Waals surface area contributed by atoms with Crippen molar-refractivity contribution in [1.82, 2.24) is 9.97 Å². The first-order valence-electron chi connectivity index (χ1n) is 7.34. The molecule has 0 radical (unpaired) electrons. The number of nitrogens with one attached hydrogen (secondary N) is 1. The van der Waals surface area contributed by atoms with Gasteiger partial charge in [-0.2, -0.15) is 0 Å². The number of anilines is 1. The molecule has 1 saturated carbocycles. The second-order valence-corrected chi connectivity index (χ2v) is 6.26. The fraction of sp³-hybridized carbons (Fsp3) is 0.600. The third-order valence-corrected chi connectivity index (χ3v) is 4.88. The minimum absolute atomic E-state index is 0.277. The van der Waals surface area contributed by atoms with E-state index in [9.17, 15) is 0 Å². The number of thiophene rings is 1. The van der Waals surface area contributed by atoms with Crippen molar-refractivity contribution in [2.45, 2.75) is 44.6 Å². The molecule has 20 heavy (non-hydrogen) atoms. The van der Waals surface area contributed by atoms with Gasteiger partial charge in [-0.1, -0.05) is 6.92 Å². The van der Waals surface area contributed by atoms with Gasteiger partial charge in [0.1, 0.15) is 16.2 Å². The average Bonchev–Trinajstić information content (AvgIpc) is 3.13. The van der Waals surface area contributed by atoms with Crippen LogP contribution in [0.25, 0.3) is 10.2 Å². The largest absolute Gasteiger partial charge is 0.370 e. The first-order valence-corrected chi connectivity index (χ1v) is 8.22. The van der Waals surface area contributed by atoms with Gasteiger partial charge in [-0.15, -0.1) is 11.3 Å². The number of hydrogen-bond acceptors (Lipinski definition) is 5. The summed E-state index contributed by atoms with van der Waals surface area (Å²) in [6, 6.07) is 2.09. The molecule has 3 rings (SSSR count). The maximum absolute atomic E-state index is 5.82. The summed E-state index contributed by atoms with van der Waals surface area (Å²) in [6.07, 6.45) is 5.51. The molecular formula is C15H21N3OS. The van der Waals surface area contributed by atoms with E-state index in [1.54, 1.807) is 18.4 Å². The van der Waals surface area contributed by atoms with Crippen LogP contribution in [0.15, 0.2) is 11.4 Å². The molecule has 0 amide bonds. The minimum Gasteiger partial charge on any atom is -0.370 e. The SMILES string of the molecule is CCCNc1nc(C2(OC)CCCC2)nc2sccc12. The Morgan fingerprint density at radius 1 is 1.35 bits per heavy atom. The third-order valence-electron chi connectivity index (χ3n) is 4.08. The van der Waals surface area contributed by atoms with E-state index >= 15 is 0 Å². The highest BCUT2D eigenvalue weighted by atomic mass is 32.1. The molecule has 2 aromatic rings. The predicted octanol–water partition coefficient (Wildman–Crippen LogP) is 3.93. The van der Waals surface area contributed by atoms with Crippen molar-refractivity contribution in [3.05, 3.63) is 17.3 Å². The van der Waals surface area contributed by atoms with Crippen LogP contribution in [0, 0.1) is 0 Å². The van der Waals surface area contributed by atoms with E-state index < -0.39 is 0 Å². The van der Waals surface area contributed by atoms with Crippen molar-refractivity contribution in [3.8, 4) is 0 Å². The summed E-state index contributed by atoms with van der Waals surface area (Å²) in [5.41, 5.74) is -0.277. The summed E-state index contributed by atoms with van der Waals surface area (Å²) < 4.78 is 5.82. The molecule has 2 aromatic heterocycles. The smallest absolute Gasteiger partial charge is 0.164 e. The summed E-state index contributed by atoms with van der Waals surface area (Å²) in [5, 5.41) is 6.63. The molecule has 0 unspecified atom stereocenters. The number of hydrogen-bond donors (Lipinski definition) is 1. The predicted molar refractivity (Wildman–Crippen MR) is 83.4 cm³/mol. The van der Waals surface area contributed by atoms with E-state index in [-0.39, 0.29) is 5.60 Å². The number of aromatic nitrogens is 2. The molecule has 0 bridgehead atoms. The van der Waals surface area contributed by atoms with Crippen LogP contribution >= 0.6 is 11.3 Å². The molecule has 1 aliphatic rings. The Morgan fingerprint density at radius 2 is 2.15 bits per heavy atom. The zero-order valence-corrected chi connectivity index (χ0v) is 12.9. The van der Waals surface area contributed by atoms with Gasteiger partial charge in [-0.25, -0.2) is 9.97 Å². The molecule has 1 fully saturated rings. The molecule has 0 atom stereocenters. The number of fused-ring (bicyclic) bond motifs is 1. The zero-order chi connectivity index (χ0) is 14.0. The first-order chi connectivity index (χ1) is 9.79. The van der Waals surface area contributed by atoms with Gasteiger partial charge in [0.15, 0.2) is 5.82 Å². The monoisotopic (exact) mass is 291 g/mol. The summed E-state index contributed by atoms with van der Waals surface area (Å²) >= 11 is 1.67. The molecule has 108 valence electrons. The van der Waals surface area contributed by atoms with Crippen molar-refractivity contribution in [2.75, 3.05) is 19.0 Å². The highest BCUT2D eigenvalue weighted by Crippen LogP contribution is 2.41. The maximum Gasteiger partial charge on any atom is 0.164 e. The molecule has 0 aliphatic heterocycles. The van der Waals surface area contributed by atoms with Crippen molar-refractivity contribution < 1.29 is 4.74 Å². The van der Waals surface area contributed by atoms with Crippen LogP contribution in [0.4, 0.5) is 5.82 Å². The van der Waals surface area contributed by atoms with E-state index in [0.29, 0.717) is 0 Å². The van der Waals surface area contributed by atoms with Gasteiger partial charge in [0, 0.05) is 13.7 Å². The fourth-order valence-corrected chi connectivity index (χ4v) is 3.67. The van der Waals surface area contributed by atoms with Crippen molar-refractivity contribution in [1.29, 1.82) is 0 Å². The molecule has 2 heterocycles. The Labute approximate surface area is 123 Å². The van der Waals surface area contributed by atoms with Crippen LogP contribution < -0.4 is 5.32 Å². The second kappa shape index (κ2) is 5.66. The van der Waals surface area contributed by atoms with Crippen molar-refractivity contribution >= 4 is 27.4 Å². The number of ether oxygens (including phenoxy) is 1. The average molecular weight is 291 g/mol. The quantitative estimate of drug-likeness (QED) is 0.906. The Kier molecular flexibility index (Phi) is 3.89. The summed E-state index contributed by atoms with van der Waals surface area (Å²) in [4.78, 5) is 10.6.